The van der Waals surface area contributed by atoms with Crippen LogP contribution in [0.5, 0.6) is 0 Å². The van der Waals surface area contributed by atoms with Gasteiger partial charge in [0.1, 0.15) is 4.90 Å². The number of hydrogen-bond donors (Lipinski definition) is 2. The van der Waals surface area contributed by atoms with Gasteiger partial charge in [-0.3, -0.25) is 9.82 Å². The second-order valence-corrected chi connectivity index (χ2v) is 5.36. The number of nitrogens with zero attached hydrogens (tertiary/aromatic N) is 2. The summed E-state index contributed by atoms with van der Waals surface area (Å²) in [5, 5.41) is 14.8. The van der Waals surface area contributed by atoms with E-state index in [-0.39, 0.29) is 4.90 Å². The second kappa shape index (κ2) is 4.50. The lowest BCUT2D eigenvalue weighted by atomic mass is 10.1. The smallest absolute Gasteiger partial charge is 0.265 e. The molecule has 0 aliphatic heterocycles. The molecule has 0 amide bonds. The Morgan fingerprint density at radius 2 is 2.22 bits per heavy atom. The summed E-state index contributed by atoms with van der Waals surface area (Å²) < 4.78 is 26.3. The summed E-state index contributed by atoms with van der Waals surface area (Å²) in [6, 6.07) is 6.77. The molecule has 2 aromatic rings. The van der Waals surface area contributed by atoms with Crippen LogP contribution in [0.1, 0.15) is 11.1 Å². The zero-order valence-corrected chi connectivity index (χ0v) is 10.3. The molecule has 6 nitrogen and oxygen atoms in total. The van der Waals surface area contributed by atoms with Crippen LogP contribution in [0.4, 0.5) is 5.69 Å². The van der Waals surface area contributed by atoms with Crippen molar-refractivity contribution in [1.29, 1.82) is 5.26 Å². The molecule has 0 bridgehead atoms. The van der Waals surface area contributed by atoms with Crippen LogP contribution in [0.2, 0.25) is 0 Å². The first-order chi connectivity index (χ1) is 8.53. The van der Waals surface area contributed by atoms with Gasteiger partial charge < -0.3 is 0 Å². The van der Waals surface area contributed by atoms with Crippen molar-refractivity contribution in [3.05, 3.63) is 41.7 Å². The van der Waals surface area contributed by atoms with Gasteiger partial charge in [-0.25, -0.2) is 8.42 Å². The molecule has 0 aliphatic rings. The first-order valence-corrected chi connectivity index (χ1v) is 6.53. The van der Waals surface area contributed by atoms with E-state index in [1.165, 1.54) is 18.5 Å². The standard InChI is InChI=1S/C11H10N4O2S/c1-8-2-3-9(5-12)4-11(8)15-18(16,17)10-6-13-14-7-10/h2-4,6-7,15H,1H3,(H,13,14). The Labute approximate surface area is 104 Å². The van der Waals surface area contributed by atoms with Crippen molar-refractivity contribution in [3.8, 4) is 6.07 Å². The average molecular weight is 262 g/mol. The Bertz CT molecular complexity index is 699. The lowest BCUT2D eigenvalue weighted by Crippen LogP contribution is -2.13. The van der Waals surface area contributed by atoms with E-state index in [0.29, 0.717) is 11.3 Å². The van der Waals surface area contributed by atoms with Crippen molar-refractivity contribution >= 4 is 15.7 Å². The number of H-pyrrole nitrogens is 1. The molecule has 18 heavy (non-hydrogen) atoms. The highest BCUT2D eigenvalue weighted by molar-refractivity contribution is 7.92. The normalized spacial score (nSPS) is 10.9. The number of benzene rings is 1. The van der Waals surface area contributed by atoms with Crippen LogP contribution < -0.4 is 4.72 Å². The quantitative estimate of drug-likeness (QED) is 0.873. The van der Waals surface area contributed by atoms with Gasteiger partial charge >= 0.3 is 0 Å². The van der Waals surface area contributed by atoms with Gasteiger partial charge in [-0.15, -0.1) is 0 Å². The van der Waals surface area contributed by atoms with E-state index < -0.39 is 10.0 Å². The molecule has 0 saturated heterocycles. The molecule has 92 valence electrons. The Morgan fingerprint density at radius 3 is 2.83 bits per heavy atom. The maximum atomic E-state index is 12.0. The van der Waals surface area contributed by atoms with Crippen LogP contribution in [0.15, 0.2) is 35.5 Å². The SMILES string of the molecule is Cc1ccc(C#N)cc1NS(=O)(=O)c1cn[nH]c1. The maximum absolute atomic E-state index is 12.0. The molecule has 0 atom stereocenters. The summed E-state index contributed by atoms with van der Waals surface area (Å²) in [6.07, 6.45) is 2.50. The number of hydrogen-bond acceptors (Lipinski definition) is 4. The molecule has 7 heteroatoms. The molecule has 0 unspecified atom stereocenters. The van der Waals surface area contributed by atoms with Crippen LogP contribution >= 0.6 is 0 Å². The highest BCUT2D eigenvalue weighted by atomic mass is 32.2. The topological polar surface area (TPSA) is 98.6 Å². The van der Waals surface area contributed by atoms with Gasteiger partial charge in [0.15, 0.2) is 0 Å². The molecule has 0 fully saturated rings. The van der Waals surface area contributed by atoms with Gasteiger partial charge in [0.05, 0.1) is 23.5 Å². The maximum Gasteiger partial charge on any atom is 0.265 e. The molecule has 0 aliphatic carbocycles. The van der Waals surface area contributed by atoms with Gasteiger partial charge in [-0.2, -0.15) is 10.4 Å². The third-order valence-electron chi connectivity index (χ3n) is 2.39. The minimum absolute atomic E-state index is 0.0456. The van der Waals surface area contributed by atoms with E-state index >= 15 is 0 Å². The number of aryl methyl sites for hydroxylation is 1. The van der Waals surface area contributed by atoms with E-state index in [4.69, 9.17) is 5.26 Å². The Kier molecular flexibility index (Phi) is 3.04. The summed E-state index contributed by atoms with van der Waals surface area (Å²) in [7, 11) is -3.67. The molecule has 1 aromatic carbocycles. The van der Waals surface area contributed by atoms with E-state index in [0.717, 1.165) is 5.56 Å². The summed E-state index contributed by atoms with van der Waals surface area (Å²) in [6.45, 7) is 1.76. The second-order valence-electron chi connectivity index (χ2n) is 3.68. The van der Waals surface area contributed by atoms with Crippen molar-refractivity contribution in [3.63, 3.8) is 0 Å². The third-order valence-corrected chi connectivity index (χ3v) is 3.73. The van der Waals surface area contributed by atoms with Crippen molar-refractivity contribution < 1.29 is 8.42 Å². The largest absolute Gasteiger partial charge is 0.284 e. The molecule has 0 saturated carbocycles. The Hall–Kier alpha value is -2.33. The van der Waals surface area contributed by atoms with Gasteiger partial charge in [-0.1, -0.05) is 6.07 Å². The number of aromatic nitrogens is 2. The van der Waals surface area contributed by atoms with E-state index in [1.54, 1.807) is 19.1 Å². The zero-order valence-electron chi connectivity index (χ0n) is 9.51. The fraction of sp³-hybridized carbons (Fsp3) is 0.0909. The van der Waals surface area contributed by atoms with Gasteiger partial charge in [0, 0.05) is 6.20 Å². The van der Waals surface area contributed by atoms with Crippen molar-refractivity contribution in [2.75, 3.05) is 4.72 Å². The van der Waals surface area contributed by atoms with E-state index in [2.05, 4.69) is 14.9 Å². The van der Waals surface area contributed by atoms with E-state index in [9.17, 15) is 8.42 Å². The minimum Gasteiger partial charge on any atom is -0.284 e. The highest BCUT2D eigenvalue weighted by Crippen LogP contribution is 2.20. The van der Waals surface area contributed by atoms with Crippen LogP contribution in [-0.4, -0.2) is 18.6 Å². The van der Waals surface area contributed by atoms with Crippen molar-refractivity contribution in [1.82, 2.24) is 10.2 Å². The minimum atomic E-state index is -3.67. The van der Waals surface area contributed by atoms with Crippen molar-refractivity contribution in [2.45, 2.75) is 11.8 Å². The number of nitriles is 1. The molecule has 1 aromatic heterocycles. The first-order valence-electron chi connectivity index (χ1n) is 5.05. The van der Waals surface area contributed by atoms with Crippen molar-refractivity contribution in [2.24, 2.45) is 0 Å². The lowest BCUT2D eigenvalue weighted by Gasteiger charge is -2.09. The predicted octanol–water partition coefficient (Wildman–Crippen LogP) is 1.39. The molecular formula is C11H10N4O2S. The molecule has 0 radical (unpaired) electrons. The van der Waals surface area contributed by atoms with Gasteiger partial charge in [-0.05, 0) is 24.6 Å². The summed E-state index contributed by atoms with van der Waals surface area (Å²) in [5.41, 5.74) is 1.52. The number of nitrogens with one attached hydrogen (secondary N) is 2. The molecular weight excluding hydrogens is 252 g/mol. The lowest BCUT2D eigenvalue weighted by molar-refractivity contribution is 0.601. The average Bonchev–Trinajstić information content (AvgIpc) is 2.86. The van der Waals surface area contributed by atoms with Crippen LogP contribution in [0, 0.1) is 18.3 Å². The Morgan fingerprint density at radius 1 is 1.44 bits per heavy atom. The highest BCUT2D eigenvalue weighted by Gasteiger charge is 2.16. The number of rotatable bonds is 3. The monoisotopic (exact) mass is 262 g/mol. The number of sulfonamides is 1. The van der Waals surface area contributed by atoms with Gasteiger partial charge in [0.2, 0.25) is 0 Å². The zero-order chi connectivity index (χ0) is 13.2. The predicted molar refractivity (Wildman–Crippen MR) is 65.3 cm³/mol. The van der Waals surface area contributed by atoms with Crippen LogP contribution in [0.25, 0.3) is 0 Å². The molecule has 2 N–H and O–H groups in total. The molecule has 0 spiro atoms. The molecule has 2 rings (SSSR count). The first kappa shape index (κ1) is 12.1. The fourth-order valence-electron chi connectivity index (χ4n) is 1.39. The fourth-order valence-corrected chi connectivity index (χ4v) is 2.42. The summed E-state index contributed by atoms with van der Waals surface area (Å²) in [5.74, 6) is 0. The third kappa shape index (κ3) is 2.33. The summed E-state index contributed by atoms with van der Waals surface area (Å²) >= 11 is 0. The van der Waals surface area contributed by atoms with E-state index in [1.807, 2.05) is 6.07 Å². The summed E-state index contributed by atoms with van der Waals surface area (Å²) in [4.78, 5) is 0.0456. The number of aromatic amines is 1. The van der Waals surface area contributed by atoms with Gasteiger partial charge in [0.25, 0.3) is 10.0 Å². The van der Waals surface area contributed by atoms with Crippen LogP contribution in [-0.2, 0) is 10.0 Å². The molecule has 1 heterocycles. The Balaban J connectivity index is 2.38. The number of anilines is 1. The van der Waals surface area contributed by atoms with Crippen LogP contribution in [0.3, 0.4) is 0 Å².